The number of amides is 1. The Hall–Kier alpha value is -0.570. The van der Waals surface area contributed by atoms with Gasteiger partial charge in [-0.2, -0.15) is 0 Å². The number of carbonyl (C=O) groups excluding carboxylic acids is 1. The fourth-order valence-corrected chi connectivity index (χ4v) is 2.03. The van der Waals surface area contributed by atoms with Crippen LogP contribution >= 0.6 is 0 Å². The van der Waals surface area contributed by atoms with Crippen molar-refractivity contribution in [2.24, 2.45) is 0 Å². The van der Waals surface area contributed by atoms with Crippen LogP contribution in [0.2, 0.25) is 0 Å². The van der Waals surface area contributed by atoms with E-state index in [-0.39, 0.29) is 5.91 Å². The maximum absolute atomic E-state index is 11.2. The van der Waals surface area contributed by atoms with Gasteiger partial charge in [-0.3, -0.25) is 9.69 Å². The average Bonchev–Trinajstić information content (AvgIpc) is 2.54. The summed E-state index contributed by atoms with van der Waals surface area (Å²) in [5.41, 5.74) is 0. The molecule has 1 atom stereocenters. The zero-order chi connectivity index (χ0) is 9.68. The molecule has 3 nitrogen and oxygen atoms in total. The molecule has 1 N–H and O–H groups in total. The first kappa shape index (κ1) is 10.5. The van der Waals surface area contributed by atoms with Gasteiger partial charge >= 0.3 is 0 Å². The molecule has 1 saturated heterocycles. The van der Waals surface area contributed by atoms with Crippen molar-refractivity contribution in [3.05, 3.63) is 0 Å². The minimum absolute atomic E-state index is 0.142. The van der Waals surface area contributed by atoms with Gasteiger partial charge in [-0.25, -0.2) is 0 Å². The SMILES string of the molecule is CCCC1CCCN1[13CH2]C(=O)[15NH][13CH3]. The van der Waals surface area contributed by atoms with Gasteiger partial charge in [0.2, 0.25) is 5.91 Å². The van der Waals surface area contributed by atoms with E-state index >= 15 is 0 Å². The van der Waals surface area contributed by atoms with Crippen molar-refractivity contribution in [1.82, 2.24) is 10.2 Å². The standard InChI is InChI=1S/C10H20N2O/c1-3-5-9-6-4-7-12(9)8-10(13)11-2/h9H,3-8H2,1-2H3,(H,11,13)/i2+1,8+1,11+1. The van der Waals surface area contributed by atoms with E-state index in [4.69, 9.17) is 0 Å². The monoisotopic (exact) mass is 187 g/mol. The Labute approximate surface area is 80.5 Å². The number of carbonyl (C=O) groups is 1. The maximum atomic E-state index is 11.2. The molecule has 1 amide bonds. The lowest BCUT2D eigenvalue weighted by Gasteiger charge is -2.22. The van der Waals surface area contributed by atoms with Crippen LogP contribution in [0, 0.1) is 0 Å². The summed E-state index contributed by atoms with van der Waals surface area (Å²) >= 11 is 0. The van der Waals surface area contributed by atoms with Crippen LogP contribution in [0.4, 0.5) is 0 Å². The molecule has 0 spiro atoms. The van der Waals surface area contributed by atoms with Crippen molar-refractivity contribution in [3.63, 3.8) is 0 Å². The molecule has 76 valence electrons. The van der Waals surface area contributed by atoms with Crippen LogP contribution in [-0.2, 0) is 4.79 Å². The smallest absolute Gasteiger partial charge is 0.233 e. The molecule has 13 heavy (non-hydrogen) atoms. The van der Waals surface area contributed by atoms with Crippen molar-refractivity contribution in [3.8, 4) is 0 Å². The minimum Gasteiger partial charge on any atom is -0.358 e. The number of likely N-dealkylation sites (N-methyl/N-ethyl adjacent to an activating group) is 1. The summed E-state index contributed by atoms with van der Waals surface area (Å²) in [4.78, 5) is 13.5. The predicted molar refractivity (Wildman–Crippen MR) is 53.6 cm³/mol. The summed E-state index contributed by atoms with van der Waals surface area (Å²) in [6, 6.07) is 0.655. The molecule has 1 rings (SSSR count). The van der Waals surface area contributed by atoms with E-state index in [0.29, 0.717) is 12.6 Å². The highest BCUT2D eigenvalue weighted by atomic mass is 16.2. The molecular weight excluding hydrogens is 167 g/mol. The summed E-state index contributed by atoms with van der Waals surface area (Å²) < 4.78 is 0. The number of nitrogens with one attached hydrogen (secondary N) is 1. The topological polar surface area (TPSA) is 32.3 Å². The molecule has 3 heteroatoms. The van der Waals surface area contributed by atoms with Gasteiger partial charge in [0.25, 0.3) is 0 Å². The molecule has 0 saturated carbocycles. The first-order valence-corrected chi connectivity index (χ1v) is 5.22. The van der Waals surface area contributed by atoms with Gasteiger partial charge in [0.15, 0.2) is 0 Å². The molecule has 0 aliphatic carbocycles. The quantitative estimate of drug-likeness (QED) is 0.526. The zero-order valence-corrected chi connectivity index (χ0v) is 8.68. The highest BCUT2D eigenvalue weighted by Crippen LogP contribution is 2.20. The lowest BCUT2D eigenvalue weighted by molar-refractivity contribution is -0.122. The highest BCUT2D eigenvalue weighted by Gasteiger charge is 2.24. The lowest BCUT2D eigenvalue weighted by Crippen LogP contribution is -2.38. The van der Waals surface area contributed by atoms with Crippen molar-refractivity contribution >= 4 is 5.91 Å². The molecule has 1 fully saturated rings. The van der Waals surface area contributed by atoms with E-state index in [2.05, 4.69) is 17.1 Å². The second kappa shape index (κ2) is 5.22. The first-order valence-electron chi connectivity index (χ1n) is 5.22. The van der Waals surface area contributed by atoms with E-state index in [1.165, 1.54) is 25.7 Å². The molecule has 0 bridgehead atoms. The van der Waals surface area contributed by atoms with Crippen LogP contribution in [0.15, 0.2) is 0 Å². The Kier molecular flexibility index (Phi) is 4.22. The van der Waals surface area contributed by atoms with E-state index in [1.807, 2.05) is 0 Å². The predicted octanol–water partition coefficient (Wildman–Crippen LogP) is 0.997. The lowest BCUT2D eigenvalue weighted by atomic mass is 10.1. The largest absolute Gasteiger partial charge is 0.358 e. The molecule has 0 aromatic carbocycles. The second-order valence-corrected chi connectivity index (χ2v) is 3.73. The fraction of sp³-hybridized carbons (Fsp3) is 0.900. The van der Waals surface area contributed by atoms with Crippen LogP contribution < -0.4 is 5.32 Å². The first-order chi connectivity index (χ1) is 6.27. The van der Waals surface area contributed by atoms with Crippen molar-refractivity contribution < 1.29 is 4.79 Å². The molecule has 1 aliphatic heterocycles. The normalized spacial score (nSPS) is 23.4. The van der Waals surface area contributed by atoms with Crippen molar-refractivity contribution in [2.45, 2.75) is 38.6 Å². The van der Waals surface area contributed by atoms with Crippen LogP contribution in [-0.4, -0.2) is 37.0 Å². The van der Waals surface area contributed by atoms with Crippen LogP contribution in [0.25, 0.3) is 0 Å². The van der Waals surface area contributed by atoms with Gasteiger partial charge in [0.05, 0.1) is 6.54 Å². The zero-order valence-electron chi connectivity index (χ0n) is 8.68. The number of rotatable bonds is 4. The van der Waals surface area contributed by atoms with E-state index in [9.17, 15) is 4.79 Å². The molecular formula is C10H20N2O. The Morgan fingerprint density at radius 3 is 3.00 bits per heavy atom. The second-order valence-electron chi connectivity index (χ2n) is 3.73. The van der Waals surface area contributed by atoms with Gasteiger partial charge in [0.1, 0.15) is 0 Å². The molecule has 1 aliphatic rings. The number of likely N-dealkylation sites (tertiary alicyclic amines) is 1. The summed E-state index contributed by atoms with van der Waals surface area (Å²) in [6.45, 7) is 3.88. The van der Waals surface area contributed by atoms with Crippen LogP contribution in [0.5, 0.6) is 0 Å². The van der Waals surface area contributed by atoms with Crippen molar-refractivity contribution in [1.29, 1.82) is 0 Å². The Morgan fingerprint density at radius 2 is 2.38 bits per heavy atom. The summed E-state index contributed by atoms with van der Waals surface area (Å²) in [5, 5.41) is 2.67. The molecule has 1 unspecified atom stereocenters. The molecule has 1 heterocycles. The van der Waals surface area contributed by atoms with Gasteiger partial charge in [-0.05, 0) is 25.8 Å². The Morgan fingerprint density at radius 1 is 1.62 bits per heavy atom. The summed E-state index contributed by atoms with van der Waals surface area (Å²) in [5.74, 6) is 0.142. The molecule has 0 aromatic rings. The van der Waals surface area contributed by atoms with Crippen LogP contribution in [0.1, 0.15) is 32.6 Å². The van der Waals surface area contributed by atoms with E-state index in [1.54, 1.807) is 7.05 Å². The number of hydrogen-bond donors (Lipinski definition) is 1. The average molecular weight is 187 g/mol. The number of hydrogen-bond acceptors (Lipinski definition) is 2. The van der Waals surface area contributed by atoms with Gasteiger partial charge < -0.3 is 5.32 Å². The Balaban J connectivity index is 2.34. The summed E-state index contributed by atoms with van der Waals surface area (Å²) in [7, 11) is 1.70. The Bertz CT molecular complexity index is 170. The molecule has 0 aromatic heterocycles. The number of nitrogens with zero attached hydrogens (tertiary/aromatic N) is 1. The van der Waals surface area contributed by atoms with E-state index in [0.717, 1.165) is 6.54 Å². The minimum atomic E-state index is 0.142. The van der Waals surface area contributed by atoms with Gasteiger partial charge in [-0.1, -0.05) is 13.3 Å². The van der Waals surface area contributed by atoms with Crippen molar-refractivity contribution in [2.75, 3.05) is 20.1 Å². The van der Waals surface area contributed by atoms with E-state index < -0.39 is 0 Å². The third-order valence-electron chi connectivity index (χ3n) is 2.75. The third-order valence-corrected chi connectivity index (χ3v) is 2.75. The highest BCUT2D eigenvalue weighted by molar-refractivity contribution is 5.77. The van der Waals surface area contributed by atoms with Gasteiger partial charge in [0, 0.05) is 13.1 Å². The van der Waals surface area contributed by atoms with Crippen LogP contribution in [0.3, 0.4) is 0 Å². The fourth-order valence-electron chi connectivity index (χ4n) is 2.03. The maximum Gasteiger partial charge on any atom is 0.233 e. The van der Waals surface area contributed by atoms with Gasteiger partial charge in [-0.15, -0.1) is 0 Å². The summed E-state index contributed by atoms with van der Waals surface area (Å²) in [6.07, 6.45) is 4.97. The molecule has 0 radical (unpaired) electrons. The third kappa shape index (κ3) is 2.99.